The third-order valence-electron chi connectivity index (χ3n) is 4.76. The van der Waals surface area contributed by atoms with E-state index in [1.165, 1.54) is 25.1 Å². The molecule has 36 heavy (non-hydrogen) atoms. The Morgan fingerprint density at radius 3 is 1.06 bits per heavy atom. The normalized spacial score (nSPS) is 16.3. The second-order valence-corrected chi connectivity index (χ2v) is 19.6. The van der Waals surface area contributed by atoms with Crippen molar-refractivity contribution in [3.8, 4) is 0 Å². The summed E-state index contributed by atoms with van der Waals surface area (Å²) >= 11 is 112. The first-order valence-corrected chi connectivity index (χ1v) is 15.6. The highest BCUT2D eigenvalue weighted by atomic mass is 35.6. The van der Waals surface area contributed by atoms with Crippen LogP contribution in [-0.2, 0) is 13.8 Å². The molecule has 0 bridgehead atoms. The molecule has 0 N–H and O–H groups in total. The van der Waals surface area contributed by atoms with Gasteiger partial charge in [0.2, 0.25) is 16.3 Å². The van der Waals surface area contributed by atoms with Crippen LogP contribution in [0, 0.1) is 0 Å². The Balaban J connectivity index is 4.10. The Bertz CT molecular complexity index is 874. The van der Waals surface area contributed by atoms with Crippen LogP contribution < -0.4 is 0 Å². The number of hydrogen-bond donors (Lipinski definition) is 0. The maximum atomic E-state index is 13.3. The first-order chi connectivity index (χ1) is 15.6. The van der Waals surface area contributed by atoms with Crippen molar-refractivity contribution in [3.05, 3.63) is 34.9 Å². The second kappa shape index (κ2) is 12.4. The minimum atomic E-state index is -2.72. The number of hydrogen-bond acceptors (Lipinski definition) is 0. The summed E-state index contributed by atoms with van der Waals surface area (Å²) in [6, 6.07) is 3.75. The summed E-state index contributed by atoms with van der Waals surface area (Å²) in [5.74, 6) is 0. The lowest BCUT2D eigenvalue weighted by Gasteiger charge is -2.46. The van der Waals surface area contributed by atoms with Gasteiger partial charge in [0.1, 0.15) is 6.10 Å². The van der Waals surface area contributed by atoms with Crippen LogP contribution in [0.4, 0.5) is 0 Å². The van der Waals surface area contributed by atoms with E-state index in [1.54, 1.807) is 0 Å². The number of benzene rings is 1. The van der Waals surface area contributed by atoms with Gasteiger partial charge >= 0.3 is 0 Å². The van der Waals surface area contributed by atoms with E-state index in [4.69, 9.17) is 209 Å². The van der Waals surface area contributed by atoms with Crippen molar-refractivity contribution in [3.63, 3.8) is 0 Å². The van der Waals surface area contributed by atoms with Crippen molar-refractivity contribution in [1.29, 1.82) is 0 Å². The van der Waals surface area contributed by atoms with Gasteiger partial charge in [0, 0.05) is 0 Å². The zero-order valence-electron chi connectivity index (χ0n) is 16.7. The van der Waals surface area contributed by atoms with Crippen LogP contribution in [0.3, 0.4) is 0 Å². The van der Waals surface area contributed by atoms with Gasteiger partial charge in [-0.05, 0) is 23.1 Å². The fourth-order valence-corrected chi connectivity index (χ4v) is 7.34. The van der Waals surface area contributed by atoms with Gasteiger partial charge in [0.25, 0.3) is 0 Å². The van der Waals surface area contributed by atoms with Crippen LogP contribution in [-0.4, -0.2) is 24.9 Å². The van der Waals surface area contributed by atoms with Crippen LogP contribution in [0.25, 0.3) is 0 Å². The van der Waals surface area contributed by atoms with E-state index in [2.05, 4.69) is 0 Å². The van der Waals surface area contributed by atoms with E-state index in [9.17, 15) is 5.11 Å². The summed E-state index contributed by atoms with van der Waals surface area (Å²) in [5.41, 5.74) is -0.935. The molecular weight excluding hydrogens is 858 g/mol. The molecule has 0 spiro atoms. The molecule has 1 unspecified atom stereocenters. The van der Waals surface area contributed by atoms with E-state index in [0.717, 1.165) is 0 Å². The Morgan fingerprint density at radius 2 is 0.833 bits per heavy atom. The van der Waals surface area contributed by atoms with E-state index < -0.39 is 39.7 Å². The molecule has 0 saturated carbocycles. The molecule has 1 aromatic rings. The maximum Gasteiger partial charge on any atom is 0.226 e. The highest BCUT2D eigenvalue weighted by Gasteiger charge is 2.71. The molecule has 0 fully saturated rings. The minimum absolute atomic E-state index is 0.0957. The van der Waals surface area contributed by atoms with Gasteiger partial charge in [-0.1, -0.05) is 234 Å². The van der Waals surface area contributed by atoms with Crippen molar-refractivity contribution in [2.75, 3.05) is 0 Å². The Morgan fingerprint density at radius 1 is 0.556 bits per heavy atom. The molecule has 0 aliphatic carbocycles. The van der Waals surface area contributed by atoms with E-state index in [0.29, 0.717) is 0 Å². The first-order valence-electron chi connectivity index (χ1n) is 8.79. The van der Waals surface area contributed by atoms with Gasteiger partial charge in [-0.15, -0.1) is 0 Å². The van der Waals surface area contributed by atoms with Crippen LogP contribution in [0.1, 0.15) is 36.1 Å². The van der Waals surface area contributed by atoms with Gasteiger partial charge in [-0.3, -0.25) is 0 Å². The molecule has 0 aliphatic heterocycles. The molecule has 0 heterocycles. The Labute approximate surface area is 298 Å². The van der Waals surface area contributed by atoms with Crippen LogP contribution in [0.5, 0.6) is 0 Å². The number of alkyl halides is 18. The summed E-state index contributed by atoms with van der Waals surface area (Å²) in [5, 5.41) is 13.3. The van der Waals surface area contributed by atoms with Crippen molar-refractivity contribution in [1.82, 2.24) is 0 Å². The summed E-state index contributed by atoms with van der Waals surface area (Å²) in [4.78, 5) is 0. The minimum Gasteiger partial charge on any atom is -0.228 e. The predicted molar refractivity (Wildman–Crippen MR) is 165 cm³/mol. The van der Waals surface area contributed by atoms with Gasteiger partial charge in [0.15, 0.2) is 17.3 Å². The predicted octanol–water partition coefficient (Wildman–Crippen LogP) is 13.3. The van der Waals surface area contributed by atoms with E-state index >= 15 is 0 Å². The fourth-order valence-electron chi connectivity index (χ4n) is 2.75. The molecule has 1 nitrogen and oxygen atoms in total. The number of rotatable bonds is 8. The highest BCUT2D eigenvalue weighted by Crippen LogP contribution is 2.68. The Hall–Kier alpha value is 4.40. The smallest absolute Gasteiger partial charge is 0.226 e. The van der Waals surface area contributed by atoms with Gasteiger partial charge in [0.05, 0.1) is 0 Å². The molecule has 0 amide bonds. The highest BCUT2D eigenvalue weighted by molar-refractivity contribution is 6.81. The lowest BCUT2D eigenvalue weighted by molar-refractivity contribution is 0.0835. The summed E-state index contributed by atoms with van der Waals surface area (Å²) in [6.45, 7) is 1.51. The first kappa shape index (κ1) is 38.4. The second-order valence-electron chi connectivity index (χ2n) is 7.11. The number of halogens is 18. The molecule has 1 rings (SSSR count). The van der Waals surface area contributed by atoms with E-state index in [-0.39, 0.29) is 23.1 Å². The van der Waals surface area contributed by atoms with Gasteiger partial charge in [-0.25, -0.2) is 5.11 Å². The third-order valence-corrected chi connectivity index (χ3v) is 15.7. The summed E-state index contributed by atoms with van der Waals surface area (Å²) < 4.78 is -21.1. The fraction of sp³-hybridized carbons (Fsp3) is 0.647. The van der Waals surface area contributed by atoms with Gasteiger partial charge < -0.3 is 0 Å². The standard InChI is InChI=1S/C17H9Cl18O/c1-2-8(36)9-6(10(18,19)12(22,23)14(26,27)16(30,31)32)4-3-5-7(9)11(20,21)13(24,25)15(28,29)17(33,34)35/h3-5,8H,2H2,1H3. The average Bonchev–Trinajstić information content (AvgIpc) is 2.70. The maximum absolute atomic E-state index is 13.3. The SMILES string of the molecule is CCC([O])c1c(C(Cl)(Cl)C(Cl)(Cl)C(Cl)(Cl)C(Cl)(Cl)Cl)cccc1C(Cl)(Cl)C(Cl)(Cl)C(Cl)(Cl)C(Cl)(Cl)Cl. The molecular formula is C17H9Cl18O. The lowest BCUT2D eigenvalue weighted by Crippen LogP contribution is -2.56. The molecule has 0 aromatic heterocycles. The van der Waals surface area contributed by atoms with E-state index in [1.807, 2.05) is 0 Å². The summed E-state index contributed by atoms with van der Waals surface area (Å²) in [7, 11) is 0. The molecule has 1 aromatic carbocycles. The third kappa shape index (κ3) is 6.57. The topological polar surface area (TPSA) is 19.9 Å². The summed E-state index contributed by atoms with van der Waals surface area (Å²) in [6.07, 6.45) is -1.78. The molecule has 209 valence electrons. The van der Waals surface area contributed by atoms with Crippen molar-refractivity contribution >= 4 is 209 Å². The average molecular weight is 867 g/mol. The molecule has 1 radical (unpaired) electrons. The van der Waals surface area contributed by atoms with Crippen LogP contribution in [0.2, 0.25) is 0 Å². The molecule has 0 saturated heterocycles. The zero-order chi connectivity index (χ0) is 29.1. The Kier molecular flexibility index (Phi) is 13.3. The van der Waals surface area contributed by atoms with Crippen molar-refractivity contribution in [2.45, 2.75) is 53.0 Å². The van der Waals surface area contributed by atoms with Crippen molar-refractivity contribution in [2.24, 2.45) is 0 Å². The van der Waals surface area contributed by atoms with Crippen LogP contribution >= 0.6 is 209 Å². The van der Waals surface area contributed by atoms with Crippen LogP contribution in [0.15, 0.2) is 18.2 Å². The molecule has 1 atom stereocenters. The quantitative estimate of drug-likeness (QED) is 0.232. The molecule has 0 aliphatic rings. The van der Waals surface area contributed by atoms with Crippen molar-refractivity contribution < 1.29 is 5.11 Å². The lowest BCUT2D eigenvalue weighted by atomic mass is 9.88. The monoisotopic (exact) mass is 859 g/mol. The van der Waals surface area contributed by atoms with Gasteiger partial charge in [-0.2, -0.15) is 0 Å². The molecule has 19 heteroatoms. The largest absolute Gasteiger partial charge is 0.228 e. The zero-order valence-corrected chi connectivity index (χ0v) is 30.3.